The number of rotatable bonds is 4. The SMILES string of the molecule is Cc1nc(NN)cc(Sc2ccc(S(C)(=O)=O)cc2)n1. The average Bonchev–Trinajstić information content (AvgIpc) is 2.37. The summed E-state index contributed by atoms with van der Waals surface area (Å²) in [6.07, 6.45) is 1.18. The third kappa shape index (κ3) is 3.69. The third-order valence-corrected chi connectivity index (χ3v) is 4.49. The van der Waals surface area contributed by atoms with Crippen LogP contribution in [0.2, 0.25) is 0 Å². The van der Waals surface area contributed by atoms with Crippen LogP contribution >= 0.6 is 11.8 Å². The summed E-state index contributed by atoms with van der Waals surface area (Å²) in [5.41, 5.74) is 2.48. The smallest absolute Gasteiger partial charge is 0.175 e. The third-order valence-electron chi connectivity index (χ3n) is 2.44. The molecule has 0 atom stereocenters. The van der Waals surface area contributed by atoms with Crippen LogP contribution in [0.3, 0.4) is 0 Å². The lowest BCUT2D eigenvalue weighted by Crippen LogP contribution is -2.09. The normalized spacial score (nSPS) is 11.3. The molecule has 1 aromatic heterocycles. The largest absolute Gasteiger partial charge is 0.308 e. The first-order chi connectivity index (χ1) is 9.38. The summed E-state index contributed by atoms with van der Waals surface area (Å²) >= 11 is 1.41. The zero-order valence-electron chi connectivity index (χ0n) is 11.0. The Morgan fingerprint density at radius 2 is 1.85 bits per heavy atom. The summed E-state index contributed by atoms with van der Waals surface area (Å²) in [6.45, 7) is 1.78. The van der Waals surface area contributed by atoms with Crippen molar-refractivity contribution in [3.63, 3.8) is 0 Å². The molecule has 0 radical (unpaired) electrons. The number of sulfone groups is 1. The van der Waals surface area contributed by atoms with Crippen LogP contribution in [-0.4, -0.2) is 24.6 Å². The Bertz CT molecular complexity index is 715. The quantitative estimate of drug-likeness (QED) is 0.503. The number of nitrogens with zero attached hydrogens (tertiary/aromatic N) is 2. The van der Waals surface area contributed by atoms with Gasteiger partial charge in [0.05, 0.1) is 4.90 Å². The van der Waals surface area contributed by atoms with Crippen LogP contribution in [-0.2, 0) is 9.84 Å². The van der Waals surface area contributed by atoms with Crippen molar-refractivity contribution in [1.29, 1.82) is 0 Å². The molecule has 0 unspecified atom stereocenters. The molecule has 2 rings (SSSR count). The van der Waals surface area contributed by atoms with Gasteiger partial charge in [0.15, 0.2) is 9.84 Å². The van der Waals surface area contributed by atoms with Crippen LogP contribution in [0, 0.1) is 6.92 Å². The molecule has 8 heteroatoms. The monoisotopic (exact) mass is 310 g/mol. The summed E-state index contributed by atoms with van der Waals surface area (Å²) in [5, 5.41) is 0.734. The summed E-state index contributed by atoms with van der Waals surface area (Å²) in [5.74, 6) is 6.47. The zero-order valence-corrected chi connectivity index (χ0v) is 12.6. The Hall–Kier alpha value is -1.64. The highest BCUT2D eigenvalue weighted by atomic mass is 32.2. The highest BCUT2D eigenvalue weighted by Gasteiger charge is 2.08. The maximum absolute atomic E-state index is 11.4. The molecule has 0 spiro atoms. The van der Waals surface area contributed by atoms with Crippen molar-refractivity contribution in [2.75, 3.05) is 11.7 Å². The second-order valence-electron chi connectivity index (χ2n) is 4.13. The van der Waals surface area contributed by atoms with E-state index in [-0.39, 0.29) is 0 Å². The minimum absolute atomic E-state index is 0.296. The van der Waals surface area contributed by atoms with E-state index < -0.39 is 9.84 Å². The Morgan fingerprint density at radius 3 is 2.40 bits per heavy atom. The van der Waals surface area contributed by atoms with Gasteiger partial charge in [-0.1, -0.05) is 11.8 Å². The fourth-order valence-corrected chi connectivity index (χ4v) is 3.03. The van der Waals surface area contributed by atoms with Crippen LogP contribution in [0.15, 0.2) is 45.1 Å². The number of hydrogen-bond donors (Lipinski definition) is 2. The predicted octanol–water partition coefficient (Wildman–Crippen LogP) is 1.63. The van der Waals surface area contributed by atoms with Crippen molar-refractivity contribution in [1.82, 2.24) is 9.97 Å². The molecule has 1 aromatic carbocycles. The van der Waals surface area contributed by atoms with E-state index in [1.165, 1.54) is 18.0 Å². The molecular weight excluding hydrogens is 296 g/mol. The van der Waals surface area contributed by atoms with Gasteiger partial charge >= 0.3 is 0 Å². The molecule has 2 aromatic rings. The topological polar surface area (TPSA) is 98.0 Å². The number of aromatic nitrogens is 2. The van der Waals surface area contributed by atoms with Gasteiger partial charge in [0, 0.05) is 17.2 Å². The zero-order chi connectivity index (χ0) is 14.8. The number of anilines is 1. The fraction of sp³-hybridized carbons (Fsp3) is 0.167. The van der Waals surface area contributed by atoms with Crippen LogP contribution in [0.25, 0.3) is 0 Å². The van der Waals surface area contributed by atoms with Crippen LogP contribution in [0.4, 0.5) is 5.82 Å². The maximum Gasteiger partial charge on any atom is 0.175 e. The van der Waals surface area contributed by atoms with Crippen molar-refractivity contribution in [3.05, 3.63) is 36.2 Å². The summed E-state index contributed by atoms with van der Waals surface area (Å²) in [4.78, 5) is 9.57. The molecule has 0 saturated carbocycles. The number of nitrogens with one attached hydrogen (secondary N) is 1. The van der Waals surface area contributed by atoms with E-state index in [1.54, 1.807) is 37.3 Å². The molecule has 20 heavy (non-hydrogen) atoms. The number of nitrogens with two attached hydrogens (primary N) is 1. The van der Waals surface area contributed by atoms with Crippen molar-refractivity contribution in [2.24, 2.45) is 5.84 Å². The highest BCUT2D eigenvalue weighted by molar-refractivity contribution is 7.99. The standard InChI is InChI=1S/C12H14N4O2S2/c1-8-14-11(16-13)7-12(15-8)19-9-3-5-10(6-4-9)20(2,17)18/h3-7H,13H2,1-2H3,(H,14,15,16). The second-order valence-corrected chi connectivity index (χ2v) is 7.24. The van der Waals surface area contributed by atoms with E-state index in [9.17, 15) is 8.42 Å². The van der Waals surface area contributed by atoms with Crippen molar-refractivity contribution in [3.8, 4) is 0 Å². The lowest BCUT2D eigenvalue weighted by Gasteiger charge is -2.05. The molecule has 6 nitrogen and oxygen atoms in total. The first-order valence-corrected chi connectivity index (χ1v) is 8.39. The van der Waals surface area contributed by atoms with E-state index in [2.05, 4.69) is 15.4 Å². The van der Waals surface area contributed by atoms with E-state index in [1.807, 2.05) is 0 Å². The number of hydrogen-bond acceptors (Lipinski definition) is 7. The van der Waals surface area contributed by atoms with Crippen molar-refractivity contribution >= 4 is 27.4 Å². The van der Waals surface area contributed by atoms with Gasteiger partial charge in [-0.25, -0.2) is 24.2 Å². The van der Waals surface area contributed by atoms with Gasteiger partial charge in [0.1, 0.15) is 16.7 Å². The molecule has 3 N–H and O–H groups in total. The molecule has 0 bridgehead atoms. The molecular formula is C12H14N4O2S2. The van der Waals surface area contributed by atoms with Gasteiger partial charge in [-0.2, -0.15) is 0 Å². The Balaban J connectivity index is 2.24. The Labute approximate surface area is 121 Å². The van der Waals surface area contributed by atoms with Gasteiger partial charge in [0.25, 0.3) is 0 Å². The fourth-order valence-electron chi connectivity index (χ4n) is 1.54. The number of aryl methyl sites for hydroxylation is 1. The van der Waals surface area contributed by atoms with Crippen LogP contribution in [0.5, 0.6) is 0 Å². The average molecular weight is 310 g/mol. The molecule has 0 fully saturated rings. The molecule has 0 amide bonds. The van der Waals surface area contributed by atoms with E-state index in [0.717, 1.165) is 9.92 Å². The van der Waals surface area contributed by atoms with Crippen molar-refractivity contribution in [2.45, 2.75) is 21.7 Å². The lowest BCUT2D eigenvalue weighted by molar-refractivity contribution is 0.602. The van der Waals surface area contributed by atoms with E-state index in [0.29, 0.717) is 16.5 Å². The minimum Gasteiger partial charge on any atom is -0.308 e. The van der Waals surface area contributed by atoms with Gasteiger partial charge in [0.2, 0.25) is 0 Å². The Kier molecular flexibility index (Phi) is 4.26. The van der Waals surface area contributed by atoms with Gasteiger partial charge in [-0.3, -0.25) is 0 Å². The first-order valence-electron chi connectivity index (χ1n) is 5.69. The molecule has 0 saturated heterocycles. The molecule has 0 aliphatic heterocycles. The molecule has 1 heterocycles. The number of benzene rings is 1. The summed E-state index contributed by atoms with van der Waals surface area (Å²) < 4.78 is 22.8. The van der Waals surface area contributed by atoms with Gasteiger partial charge in [-0.15, -0.1) is 0 Å². The molecule has 0 aliphatic carbocycles. The van der Waals surface area contributed by atoms with Crippen LogP contribution < -0.4 is 11.3 Å². The highest BCUT2D eigenvalue weighted by Crippen LogP contribution is 2.28. The molecule has 106 valence electrons. The summed E-state index contributed by atoms with van der Waals surface area (Å²) in [7, 11) is -3.17. The van der Waals surface area contributed by atoms with Crippen molar-refractivity contribution < 1.29 is 8.42 Å². The van der Waals surface area contributed by atoms with E-state index in [4.69, 9.17) is 5.84 Å². The lowest BCUT2D eigenvalue weighted by atomic mass is 10.4. The second kappa shape index (κ2) is 5.78. The molecule has 0 aliphatic rings. The first kappa shape index (κ1) is 14.8. The van der Waals surface area contributed by atoms with Crippen LogP contribution in [0.1, 0.15) is 5.82 Å². The van der Waals surface area contributed by atoms with Gasteiger partial charge in [-0.05, 0) is 31.2 Å². The van der Waals surface area contributed by atoms with E-state index >= 15 is 0 Å². The summed E-state index contributed by atoms with van der Waals surface area (Å²) in [6, 6.07) is 8.37. The number of hydrazine groups is 1. The minimum atomic E-state index is -3.17. The van der Waals surface area contributed by atoms with Gasteiger partial charge < -0.3 is 5.43 Å². The number of nitrogen functional groups attached to an aromatic ring is 1. The Morgan fingerprint density at radius 1 is 1.20 bits per heavy atom. The maximum atomic E-state index is 11.4. The predicted molar refractivity (Wildman–Crippen MR) is 78.3 cm³/mol.